The SMILES string of the molecule is Cc1ccc(C(=O)/C(=C\C2CCCCC2)C[Si](C)(C)C)cc1. The number of ketones is 1. The van der Waals surface area contributed by atoms with Crippen LogP contribution in [0.25, 0.3) is 0 Å². The summed E-state index contributed by atoms with van der Waals surface area (Å²) in [6, 6.07) is 9.04. The van der Waals surface area contributed by atoms with E-state index in [1.165, 1.54) is 37.7 Å². The molecule has 1 aliphatic rings. The Hall–Kier alpha value is -1.15. The van der Waals surface area contributed by atoms with Crippen molar-refractivity contribution < 1.29 is 4.79 Å². The highest BCUT2D eigenvalue weighted by Crippen LogP contribution is 2.29. The van der Waals surface area contributed by atoms with E-state index in [1.807, 2.05) is 24.3 Å². The number of Topliss-reactive ketones (excluding diaryl/α,β-unsaturated/α-hetero) is 1. The molecule has 120 valence electrons. The molecule has 0 bridgehead atoms. The summed E-state index contributed by atoms with van der Waals surface area (Å²) >= 11 is 0. The van der Waals surface area contributed by atoms with Crippen molar-refractivity contribution in [3.63, 3.8) is 0 Å². The number of aryl methyl sites for hydroxylation is 1. The molecular formula is C20H30OSi. The second kappa shape index (κ2) is 7.41. The molecule has 0 aromatic heterocycles. The Kier molecular flexibility index (Phi) is 5.79. The molecule has 0 amide bonds. The molecule has 2 heteroatoms. The fourth-order valence-corrected chi connectivity index (χ4v) is 4.68. The van der Waals surface area contributed by atoms with Gasteiger partial charge in [0.15, 0.2) is 5.78 Å². The number of benzene rings is 1. The van der Waals surface area contributed by atoms with Crippen LogP contribution in [0.5, 0.6) is 0 Å². The first-order valence-corrected chi connectivity index (χ1v) is 12.4. The van der Waals surface area contributed by atoms with Crippen LogP contribution >= 0.6 is 0 Å². The normalized spacial score (nSPS) is 17.5. The van der Waals surface area contributed by atoms with E-state index in [2.05, 4.69) is 32.6 Å². The number of carbonyl (C=O) groups is 1. The van der Waals surface area contributed by atoms with Gasteiger partial charge in [0.25, 0.3) is 0 Å². The van der Waals surface area contributed by atoms with Crippen LogP contribution in [0.2, 0.25) is 25.7 Å². The van der Waals surface area contributed by atoms with Crippen molar-refractivity contribution in [2.24, 2.45) is 5.92 Å². The summed E-state index contributed by atoms with van der Waals surface area (Å²) in [4.78, 5) is 13.0. The molecule has 1 nitrogen and oxygen atoms in total. The van der Waals surface area contributed by atoms with Gasteiger partial charge in [0, 0.05) is 13.6 Å². The second-order valence-corrected chi connectivity index (χ2v) is 13.5. The van der Waals surface area contributed by atoms with E-state index in [0.29, 0.717) is 5.92 Å². The summed E-state index contributed by atoms with van der Waals surface area (Å²) in [5.41, 5.74) is 3.14. The first kappa shape index (κ1) is 17.2. The summed E-state index contributed by atoms with van der Waals surface area (Å²) in [5, 5.41) is 0. The van der Waals surface area contributed by atoms with Crippen LogP contribution in [-0.4, -0.2) is 13.9 Å². The molecule has 22 heavy (non-hydrogen) atoms. The molecule has 0 radical (unpaired) electrons. The number of allylic oxidation sites excluding steroid dienone is 2. The van der Waals surface area contributed by atoms with Crippen molar-refractivity contribution in [2.75, 3.05) is 0 Å². The van der Waals surface area contributed by atoms with Crippen molar-refractivity contribution in [2.45, 2.75) is 64.7 Å². The molecule has 0 saturated heterocycles. The van der Waals surface area contributed by atoms with Crippen LogP contribution < -0.4 is 0 Å². The molecule has 0 aliphatic heterocycles. The van der Waals surface area contributed by atoms with Crippen molar-refractivity contribution in [3.05, 3.63) is 47.0 Å². The van der Waals surface area contributed by atoms with Gasteiger partial charge in [-0.15, -0.1) is 0 Å². The molecule has 1 aromatic rings. The maximum absolute atomic E-state index is 13.0. The van der Waals surface area contributed by atoms with Crippen molar-refractivity contribution in [1.29, 1.82) is 0 Å². The van der Waals surface area contributed by atoms with Gasteiger partial charge in [0.05, 0.1) is 0 Å². The molecule has 0 atom stereocenters. The third kappa shape index (κ3) is 5.24. The van der Waals surface area contributed by atoms with E-state index in [4.69, 9.17) is 0 Å². The van der Waals surface area contributed by atoms with Crippen LogP contribution in [0, 0.1) is 12.8 Å². The molecule has 0 N–H and O–H groups in total. The monoisotopic (exact) mass is 314 g/mol. The number of rotatable bonds is 5. The minimum atomic E-state index is -1.30. The molecule has 0 spiro atoms. The molecule has 1 aromatic carbocycles. The third-order valence-electron chi connectivity index (χ3n) is 4.41. The first-order chi connectivity index (χ1) is 10.3. The van der Waals surface area contributed by atoms with Gasteiger partial charge in [-0.25, -0.2) is 0 Å². The Morgan fingerprint density at radius 1 is 1.09 bits per heavy atom. The van der Waals surface area contributed by atoms with Gasteiger partial charge in [-0.1, -0.05) is 74.8 Å². The van der Waals surface area contributed by atoms with Crippen molar-refractivity contribution >= 4 is 13.9 Å². The van der Waals surface area contributed by atoms with Crippen LogP contribution in [0.3, 0.4) is 0 Å². The van der Waals surface area contributed by atoms with E-state index < -0.39 is 8.07 Å². The largest absolute Gasteiger partial charge is 0.289 e. The highest BCUT2D eigenvalue weighted by atomic mass is 28.3. The highest BCUT2D eigenvalue weighted by Gasteiger charge is 2.23. The maximum Gasteiger partial charge on any atom is 0.188 e. The van der Waals surface area contributed by atoms with Crippen molar-refractivity contribution in [3.8, 4) is 0 Å². The van der Waals surface area contributed by atoms with Crippen LogP contribution in [0.1, 0.15) is 48.0 Å². The Balaban J connectivity index is 2.24. The zero-order chi connectivity index (χ0) is 16.2. The zero-order valence-corrected chi connectivity index (χ0v) is 15.6. The predicted octanol–water partition coefficient (Wildman–Crippen LogP) is 6.02. The average molecular weight is 315 g/mol. The third-order valence-corrected chi connectivity index (χ3v) is 5.85. The van der Waals surface area contributed by atoms with Gasteiger partial charge in [0.2, 0.25) is 0 Å². The Bertz CT molecular complexity index is 528. The minimum absolute atomic E-state index is 0.257. The van der Waals surface area contributed by atoms with E-state index in [9.17, 15) is 4.79 Å². The van der Waals surface area contributed by atoms with E-state index in [-0.39, 0.29) is 5.78 Å². The smallest absolute Gasteiger partial charge is 0.188 e. The van der Waals surface area contributed by atoms with Crippen LogP contribution in [-0.2, 0) is 0 Å². The molecule has 2 rings (SSSR count). The Labute approximate surface area is 136 Å². The molecule has 0 heterocycles. The van der Waals surface area contributed by atoms with Gasteiger partial charge in [-0.05, 0) is 37.3 Å². The minimum Gasteiger partial charge on any atom is -0.289 e. The zero-order valence-electron chi connectivity index (χ0n) is 14.6. The summed E-state index contributed by atoms with van der Waals surface area (Å²) in [5.74, 6) is 0.877. The first-order valence-electron chi connectivity index (χ1n) is 8.67. The predicted molar refractivity (Wildman–Crippen MR) is 98.3 cm³/mol. The molecule has 0 unspecified atom stereocenters. The molecule has 1 fully saturated rings. The fourth-order valence-electron chi connectivity index (χ4n) is 3.26. The van der Waals surface area contributed by atoms with Crippen LogP contribution in [0.4, 0.5) is 0 Å². The molecular weight excluding hydrogens is 284 g/mol. The van der Waals surface area contributed by atoms with Gasteiger partial charge < -0.3 is 0 Å². The Morgan fingerprint density at radius 3 is 2.23 bits per heavy atom. The van der Waals surface area contributed by atoms with Gasteiger partial charge in [-0.3, -0.25) is 4.79 Å². The van der Waals surface area contributed by atoms with Gasteiger partial charge in [-0.2, -0.15) is 0 Å². The molecule has 1 aliphatic carbocycles. The summed E-state index contributed by atoms with van der Waals surface area (Å²) in [7, 11) is -1.30. The lowest BCUT2D eigenvalue weighted by Crippen LogP contribution is -2.23. The average Bonchev–Trinajstić information content (AvgIpc) is 2.46. The summed E-state index contributed by atoms with van der Waals surface area (Å²) < 4.78 is 0. The van der Waals surface area contributed by atoms with E-state index >= 15 is 0 Å². The lowest BCUT2D eigenvalue weighted by Gasteiger charge is -2.22. The lowest BCUT2D eigenvalue weighted by atomic mass is 9.87. The van der Waals surface area contributed by atoms with Gasteiger partial charge in [0.1, 0.15) is 0 Å². The standard InChI is InChI=1S/C20H30OSi/c1-16-10-12-18(13-11-16)20(21)19(15-22(2,3)4)14-17-8-6-5-7-9-17/h10-14,17H,5-9,15H2,1-4H3/b19-14-. The highest BCUT2D eigenvalue weighted by molar-refractivity contribution is 6.77. The number of hydrogen-bond acceptors (Lipinski definition) is 1. The van der Waals surface area contributed by atoms with E-state index in [0.717, 1.165) is 17.2 Å². The van der Waals surface area contributed by atoms with E-state index in [1.54, 1.807) is 0 Å². The van der Waals surface area contributed by atoms with Crippen molar-refractivity contribution in [1.82, 2.24) is 0 Å². The van der Waals surface area contributed by atoms with Crippen LogP contribution in [0.15, 0.2) is 35.9 Å². The topological polar surface area (TPSA) is 17.1 Å². The second-order valence-electron chi connectivity index (χ2n) is 8.02. The Morgan fingerprint density at radius 2 is 1.68 bits per heavy atom. The summed E-state index contributed by atoms with van der Waals surface area (Å²) in [6.07, 6.45) is 8.85. The summed E-state index contributed by atoms with van der Waals surface area (Å²) in [6.45, 7) is 9.12. The quantitative estimate of drug-likeness (QED) is 0.369. The maximum atomic E-state index is 13.0. The number of carbonyl (C=O) groups excluding carboxylic acids is 1. The van der Waals surface area contributed by atoms with Gasteiger partial charge >= 0.3 is 0 Å². The lowest BCUT2D eigenvalue weighted by molar-refractivity contribution is 0.103. The number of hydrogen-bond donors (Lipinski definition) is 0. The molecule has 1 saturated carbocycles. The fraction of sp³-hybridized carbons (Fsp3) is 0.550.